The molecule has 0 aliphatic carbocycles. The van der Waals surface area contributed by atoms with Gasteiger partial charge in [-0.2, -0.15) is 0 Å². The summed E-state index contributed by atoms with van der Waals surface area (Å²) in [6, 6.07) is 22.9. The van der Waals surface area contributed by atoms with Crippen molar-refractivity contribution in [1.29, 1.82) is 0 Å². The number of carbonyl (C=O) groups excluding carboxylic acids is 1. The van der Waals surface area contributed by atoms with Gasteiger partial charge in [0.25, 0.3) is 0 Å². The van der Waals surface area contributed by atoms with Crippen molar-refractivity contribution >= 4 is 55.3 Å². The fourth-order valence-electron chi connectivity index (χ4n) is 2.52. The molecular weight excluding hydrogens is 503 g/mol. The van der Waals surface area contributed by atoms with Crippen LogP contribution in [0, 0.1) is 6.92 Å². The molecule has 28 heavy (non-hydrogen) atoms. The van der Waals surface area contributed by atoms with Crippen LogP contribution in [-0.4, -0.2) is 12.9 Å². The van der Waals surface area contributed by atoms with Crippen LogP contribution >= 0.6 is 46.0 Å². The summed E-state index contributed by atoms with van der Waals surface area (Å²) in [5.41, 5.74) is 2.77. The predicted molar refractivity (Wildman–Crippen MR) is 127 cm³/mol. The first-order valence-corrected chi connectivity index (χ1v) is 10.8. The fourth-order valence-corrected chi connectivity index (χ4v) is 4.50. The van der Waals surface area contributed by atoms with Crippen LogP contribution in [0.15, 0.2) is 82.6 Å². The monoisotopic (exact) mass is 520 g/mol. The highest BCUT2D eigenvalue weighted by Gasteiger charge is 2.19. The Kier molecular flexibility index (Phi) is 7.21. The number of aryl methyl sites for hydroxylation is 1. The minimum Gasteiger partial charge on any atom is -0.497 e. The minimum atomic E-state index is -0.0255. The van der Waals surface area contributed by atoms with Gasteiger partial charge in [-0.15, -0.1) is 0 Å². The molecule has 0 radical (unpaired) electrons. The molecule has 3 aromatic carbocycles. The largest absolute Gasteiger partial charge is 0.497 e. The van der Waals surface area contributed by atoms with Gasteiger partial charge >= 0.3 is 0 Å². The molecule has 0 heterocycles. The lowest BCUT2D eigenvalue weighted by Gasteiger charge is -2.12. The van der Waals surface area contributed by atoms with E-state index in [0.29, 0.717) is 15.5 Å². The van der Waals surface area contributed by atoms with Crippen molar-refractivity contribution in [2.75, 3.05) is 7.11 Å². The van der Waals surface area contributed by atoms with Crippen LogP contribution in [0.3, 0.4) is 0 Å². The number of benzene rings is 3. The lowest BCUT2D eigenvalue weighted by atomic mass is 10.1. The normalized spacial score (nSPS) is 11.7. The van der Waals surface area contributed by atoms with E-state index in [2.05, 4.69) is 22.6 Å². The topological polar surface area (TPSA) is 26.3 Å². The summed E-state index contributed by atoms with van der Waals surface area (Å²) in [7, 11) is 1.64. The SMILES string of the molecule is COc1ccc(C(I)=C(Sc2ccc(C)cc2)C(=O)c2ccc(Cl)cc2)cc1. The third-order valence-electron chi connectivity index (χ3n) is 4.10. The Morgan fingerprint density at radius 3 is 2.04 bits per heavy atom. The number of thioether (sulfide) groups is 1. The number of methoxy groups -OCH3 is 1. The molecule has 0 saturated heterocycles. The highest BCUT2D eigenvalue weighted by atomic mass is 127. The lowest BCUT2D eigenvalue weighted by molar-refractivity contribution is 0.104. The van der Waals surface area contributed by atoms with Crippen molar-refractivity contribution in [3.05, 3.63) is 99.4 Å². The highest BCUT2D eigenvalue weighted by molar-refractivity contribution is 14.1. The summed E-state index contributed by atoms with van der Waals surface area (Å²) >= 11 is 9.71. The molecule has 0 aromatic heterocycles. The first-order chi connectivity index (χ1) is 13.5. The number of ketones is 1. The van der Waals surface area contributed by atoms with Gasteiger partial charge in [0.15, 0.2) is 0 Å². The first kappa shape index (κ1) is 21.0. The lowest BCUT2D eigenvalue weighted by Crippen LogP contribution is -2.02. The van der Waals surface area contributed by atoms with Crippen molar-refractivity contribution in [3.63, 3.8) is 0 Å². The second kappa shape index (κ2) is 9.63. The summed E-state index contributed by atoms with van der Waals surface area (Å²) in [6.45, 7) is 2.05. The number of rotatable bonds is 6. The summed E-state index contributed by atoms with van der Waals surface area (Å²) in [6.07, 6.45) is 0. The Hall–Kier alpha value is -1.76. The molecule has 0 N–H and O–H groups in total. The predicted octanol–water partition coefficient (Wildman–Crippen LogP) is 7.44. The second-order valence-corrected chi connectivity index (χ2v) is 8.72. The molecule has 0 saturated carbocycles. The number of hydrogen-bond donors (Lipinski definition) is 0. The summed E-state index contributed by atoms with van der Waals surface area (Å²) < 4.78 is 6.14. The number of halogens is 2. The van der Waals surface area contributed by atoms with Gasteiger partial charge in [0, 0.05) is 19.1 Å². The van der Waals surface area contributed by atoms with E-state index in [1.165, 1.54) is 17.3 Å². The second-order valence-electron chi connectivity index (χ2n) is 6.12. The van der Waals surface area contributed by atoms with Gasteiger partial charge in [0.05, 0.1) is 12.0 Å². The molecule has 0 aliphatic heterocycles. The first-order valence-electron chi connectivity index (χ1n) is 8.57. The van der Waals surface area contributed by atoms with Crippen molar-refractivity contribution in [1.82, 2.24) is 0 Å². The van der Waals surface area contributed by atoms with Crippen LogP contribution in [0.1, 0.15) is 21.5 Å². The van der Waals surface area contributed by atoms with E-state index >= 15 is 0 Å². The molecule has 2 nitrogen and oxygen atoms in total. The van der Waals surface area contributed by atoms with E-state index in [1.807, 2.05) is 55.5 Å². The van der Waals surface area contributed by atoms with Crippen molar-refractivity contribution in [2.24, 2.45) is 0 Å². The van der Waals surface area contributed by atoms with Gasteiger partial charge in [0.2, 0.25) is 5.78 Å². The highest BCUT2D eigenvalue weighted by Crippen LogP contribution is 2.39. The number of hydrogen-bond acceptors (Lipinski definition) is 3. The summed E-state index contributed by atoms with van der Waals surface area (Å²) in [5, 5.41) is 0.609. The van der Waals surface area contributed by atoms with Crippen molar-refractivity contribution < 1.29 is 9.53 Å². The Balaban J connectivity index is 2.04. The standard InChI is InChI=1S/C23H18ClIO2S/c1-15-3-13-20(14-4-15)28-23(22(26)17-5-9-18(24)10-6-17)21(25)16-7-11-19(27-2)12-8-16/h3-14H,1-2H3. The maximum Gasteiger partial charge on any atom is 0.200 e. The Bertz CT molecular complexity index is 994. The fraction of sp³-hybridized carbons (Fsp3) is 0.0870. The van der Waals surface area contributed by atoms with Crippen LogP contribution in [0.4, 0.5) is 0 Å². The van der Waals surface area contributed by atoms with E-state index in [-0.39, 0.29) is 5.78 Å². The summed E-state index contributed by atoms with van der Waals surface area (Å²) in [5.74, 6) is 0.757. The molecule has 0 atom stereocenters. The zero-order valence-electron chi connectivity index (χ0n) is 15.4. The number of Topliss-reactive ketones (excluding diaryl/α,β-unsaturated/α-hetero) is 1. The van der Waals surface area contributed by atoms with E-state index < -0.39 is 0 Å². The molecule has 0 amide bonds. The maximum absolute atomic E-state index is 13.3. The van der Waals surface area contributed by atoms with E-state index in [0.717, 1.165) is 19.8 Å². The minimum absolute atomic E-state index is 0.0255. The molecule has 0 spiro atoms. The van der Waals surface area contributed by atoms with Crippen LogP contribution in [0.5, 0.6) is 5.75 Å². The summed E-state index contributed by atoms with van der Waals surface area (Å²) in [4.78, 5) is 15.0. The average molecular weight is 521 g/mol. The third-order valence-corrected chi connectivity index (χ3v) is 6.98. The van der Waals surface area contributed by atoms with E-state index in [9.17, 15) is 4.79 Å². The molecule has 0 bridgehead atoms. The van der Waals surface area contributed by atoms with Crippen molar-refractivity contribution in [2.45, 2.75) is 11.8 Å². The van der Waals surface area contributed by atoms with Crippen LogP contribution < -0.4 is 4.74 Å². The quantitative estimate of drug-likeness (QED) is 0.146. The van der Waals surface area contributed by atoms with Gasteiger partial charge in [-0.05, 0) is 83.6 Å². The molecule has 5 heteroatoms. The molecule has 0 unspecified atom stereocenters. The smallest absolute Gasteiger partial charge is 0.200 e. The molecular formula is C23H18ClIO2S. The zero-order chi connectivity index (χ0) is 20.1. The molecule has 0 fully saturated rings. The van der Waals surface area contributed by atoms with Gasteiger partial charge in [-0.1, -0.05) is 53.2 Å². The van der Waals surface area contributed by atoms with Crippen LogP contribution in [-0.2, 0) is 0 Å². The van der Waals surface area contributed by atoms with Crippen LogP contribution in [0.2, 0.25) is 5.02 Å². The Morgan fingerprint density at radius 2 is 1.46 bits per heavy atom. The molecule has 142 valence electrons. The van der Waals surface area contributed by atoms with Gasteiger partial charge in [-0.3, -0.25) is 4.79 Å². The molecule has 0 aliphatic rings. The van der Waals surface area contributed by atoms with E-state index in [1.54, 1.807) is 31.4 Å². The van der Waals surface area contributed by atoms with Crippen molar-refractivity contribution in [3.8, 4) is 5.75 Å². The maximum atomic E-state index is 13.3. The average Bonchev–Trinajstić information content (AvgIpc) is 2.73. The van der Waals surface area contributed by atoms with Crippen LogP contribution in [0.25, 0.3) is 3.58 Å². The van der Waals surface area contributed by atoms with Gasteiger partial charge < -0.3 is 4.74 Å². The third kappa shape index (κ3) is 5.19. The number of allylic oxidation sites excluding steroid dienone is 1. The number of carbonyl (C=O) groups is 1. The zero-order valence-corrected chi connectivity index (χ0v) is 19.1. The molecule has 3 rings (SSSR count). The van der Waals surface area contributed by atoms with E-state index in [4.69, 9.17) is 16.3 Å². The van der Waals surface area contributed by atoms with Gasteiger partial charge in [0.1, 0.15) is 5.75 Å². The Morgan fingerprint density at radius 1 is 0.893 bits per heavy atom. The number of ether oxygens (including phenoxy) is 1. The van der Waals surface area contributed by atoms with Gasteiger partial charge in [-0.25, -0.2) is 0 Å². The Labute approximate surface area is 188 Å². The molecule has 3 aromatic rings.